The van der Waals surface area contributed by atoms with E-state index in [9.17, 15) is 9.59 Å². The number of rotatable bonds is 5. The lowest BCUT2D eigenvalue weighted by Gasteiger charge is -2.21. The Balaban J connectivity index is 1.58. The smallest absolute Gasteiger partial charge is 0.330 e. The van der Waals surface area contributed by atoms with Gasteiger partial charge in [-0.25, -0.2) is 9.48 Å². The van der Waals surface area contributed by atoms with E-state index in [-0.39, 0.29) is 11.8 Å². The van der Waals surface area contributed by atoms with Crippen molar-refractivity contribution in [2.75, 3.05) is 7.11 Å². The number of fused-ring (bicyclic) bond motifs is 1. The molecule has 0 aliphatic rings. The second kappa shape index (κ2) is 7.39. The van der Waals surface area contributed by atoms with Crippen LogP contribution in [-0.2, 0) is 9.53 Å². The maximum Gasteiger partial charge on any atom is 0.330 e. The fourth-order valence-corrected chi connectivity index (χ4v) is 2.86. The topological polar surface area (TPSA) is 125 Å². The Bertz CT molecular complexity index is 1230. The third-order valence-corrected chi connectivity index (χ3v) is 4.40. The zero-order chi connectivity index (χ0) is 21.3. The average Bonchev–Trinajstić information content (AvgIpc) is 3.40. The predicted molar refractivity (Wildman–Crippen MR) is 106 cm³/mol. The molecular weight excluding hydrogens is 388 g/mol. The van der Waals surface area contributed by atoms with E-state index in [0.29, 0.717) is 5.56 Å². The molecule has 4 aromatic rings. The maximum absolute atomic E-state index is 12.4. The Labute approximate surface area is 170 Å². The second-order valence-corrected chi connectivity index (χ2v) is 7.04. The minimum atomic E-state index is -1.24. The van der Waals surface area contributed by atoms with Gasteiger partial charge in [0, 0.05) is 23.3 Å². The highest BCUT2D eigenvalue weighted by Crippen LogP contribution is 2.24. The first-order valence-corrected chi connectivity index (χ1v) is 9.02. The number of pyridine rings is 1. The van der Waals surface area contributed by atoms with Crippen LogP contribution in [0.3, 0.4) is 0 Å². The van der Waals surface area contributed by atoms with Gasteiger partial charge < -0.3 is 14.5 Å². The van der Waals surface area contributed by atoms with Crippen LogP contribution in [0.5, 0.6) is 0 Å². The molecule has 0 bridgehead atoms. The second-order valence-electron chi connectivity index (χ2n) is 7.04. The van der Waals surface area contributed by atoms with Gasteiger partial charge in [0.25, 0.3) is 0 Å². The van der Waals surface area contributed by atoms with Crippen molar-refractivity contribution in [2.45, 2.75) is 19.4 Å². The van der Waals surface area contributed by atoms with Crippen molar-refractivity contribution in [3.8, 4) is 17.1 Å². The minimum absolute atomic E-state index is 0.173. The largest absolute Gasteiger partial charge is 0.467 e. The van der Waals surface area contributed by atoms with Crippen LogP contribution in [0.1, 0.15) is 24.5 Å². The molecule has 4 rings (SSSR count). The van der Waals surface area contributed by atoms with Gasteiger partial charge in [-0.2, -0.15) is 5.10 Å². The summed E-state index contributed by atoms with van der Waals surface area (Å²) in [5.41, 5.74) is 1.01. The van der Waals surface area contributed by atoms with Crippen LogP contribution >= 0.6 is 0 Å². The number of ether oxygens (including phenoxy) is 1. The molecule has 10 heteroatoms. The van der Waals surface area contributed by atoms with Gasteiger partial charge in [-0.1, -0.05) is 0 Å². The summed E-state index contributed by atoms with van der Waals surface area (Å²) in [6, 6.07) is 9.17. The van der Waals surface area contributed by atoms with Crippen LogP contribution in [-0.4, -0.2) is 49.5 Å². The zero-order valence-electron chi connectivity index (χ0n) is 16.5. The molecule has 0 unspecified atom stereocenters. The summed E-state index contributed by atoms with van der Waals surface area (Å²) in [5.74, 6) is -1.35. The number of nitrogens with one attached hydrogen (secondary N) is 1. The lowest BCUT2D eigenvalue weighted by Crippen LogP contribution is -2.50. The summed E-state index contributed by atoms with van der Waals surface area (Å²) in [6.07, 6.45) is 5.27. The van der Waals surface area contributed by atoms with Crippen molar-refractivity contribution in [3.05, 3.63) is 54.8 Å². The van der Waals surface area contributed by atoms with Crippen molar-refractivity contribution in [3.63, 3.8) is 0 Å². The number of benzene rings is 1. The maximum atomic E-state index is 12.4. The number of esters is 1. The molecule has 1 amide bonds. The van der Waals surface area contributed by atoms with Crippen molar-refractivity contribution in [2.24, 2.45) is 0 Å². The summed E-state index contributed by atoms with van der Waals surface area (Å²) >= 11 is 0. The number of aromatic nitrogens is 5. The van der Waals surface area contributed by atoms with E-state index in [1.165, 1.54) is 21.0 Å². The molecule has 152 valence electrons. The summed E-state index contributed by atoms with van der Waals surface area (Å²) < 4.78 is 11.9. The SMILES string of the molecule is COC(=O)C(C)(C)NC(=O)c1nnc(-c2ccc3nn(-c4cccnc4)cc3c2)o1. The molecule has 30 heavy (non-hydrogen) atoms. The molecule has 0 aliphatic carbocycles. The van der Waals surface area contributed by atoms with Gasteiger partial charge in [-0.05, 0) is 44.2 Å². The van der Waals surface area contributed by atoms with Gasteiger partial charge >= 0.3 is 17.8 Å². The number of amides is 1. The fourth-order valence-electron chi connectivity index (χ4n) is 2.86. The molecule has 3 aromatic heterocycles. The van der Waals surface area contributed by atoms with Gasteiger partial charge in [-0.15, -0.1) is 10.2 Å². The monoisotopic (exact) mass is 406 g/mol. The first kappa shape index (κ1) is 19.2. The van der Waals surface area contributed by atoms with Crippen molar-refractivity contribution in [1.82, 2.24) is 30.3 Å². The summed E-state index contributed by atoms with van der Waals surface area (Å²) in [6.45, 7) is 3.03. The number of carbonyl (C=O) groups excluding carboxylic acids is 2. The third kappa shape index (κ3) is 3.62. The van der Waals surface area contributed by atoms with Crippen LogP contribution in [0, 0.1) is 0 Å². The third-order valence-electron chi connectivity index (χ3n) is 4.40. The standard InChI is InChI=1S/C20H18N6O4/c1-20(2,19(28)29-3)22-16(27)18-24-23-17(30-18)12-6-7-15-13(9-12)11-26(25-15)14-5-4-8-21-10-14/h4-11H,1-3H3,(H,22,27). The molecule has 0 aliphatic heterocycles. The number of hydrogen-bond acceptors (Lipinski definition) is 8. The van der Waals surface area contributed by atoms with E-state index in [4.69, 9.17) is 4.42 Å². The van der Waals surface area contributed by atoms with E-state index in [2.05, 4.69) is 30.3 Å². The highest BCUT2D eigenvalue weighted by molar-refractivity contribution is 5.94. The molecule has 1 aromatic carbocycles. The number of hydrogen-bond donors (Lipinski definition) is 1. The highest BCUT2D eigenvalue weighted by Gasteiger charge is 2.32. The van der Waals surface area contributed by atoms with Crippen molar-refractivity contribution in [1.29, 1.82) is 0 Å². The van der Waals surface area contributed by atoms with E-state index >= 15 is 0 Å². The van der Waals surface area contributed by atoms with Crippen LogP contribution in [0.4, 0.5) is 0 Å². The van der Waals surface area contributed by atoms with Gasteiger partial charge in [0.15, 0.2) is 0 Å². The Morgan fingerprint density at radius 2 is 2.03 bits per heavy atom. The average molecular weight is 406 g/mol. The number of nitrogens with zero attached hydrogens (tertiary/aromatic N) is 5. The van der Waals surface area contributed by atoms with E-state index in [0.717, 1.165) is 16.6 Å². The minimum Gasteiger partial charge on any atom is -0.467 e. The lowest BCUT2D eigenvalue weighted by atomic mass is 10.1. The first-order chi connectivity index (χ1) is 14.4. The molecule has 0 fully saturated rings. The van der Waals surface area contributed by atoms with Crippen LogP contribution in [0.2, 0.25) is 0 Å². The first-order valence-electron chi connectivity index (χ1n) is 9.02. The summed E-state index contributed by atoms with van der Waals surface area (Å²) in [7, 11) is 1.24. The molecule has 0 saturated heterocycles. The zero-order valence-corrected chi connectivity index (χ0v) is 16.5. The predicted octanol–water partition coefficient (Wildman–Crippen LogP) is 2.15. The normalized spacial score (nSPS) is 11.4. The molecule has 10 nitrogen and oxygen atoms in total. The van der Waals surface area contributed by atoms with Crippen molar-refractivity contribution < 1.29 is 18.7 Å². The summed E-state index contributed by atoms with van der Waals surface area (Å²) in [4.78, 5) is 28.2. The molecule has 0 saturated carbocycles. The van der Waals surface area contributed by atoms with Gasteiger partial charge in [-0.3, -0.25) is 9.78 Å². The molecular formula is C20H18N6O4. The van der Waals surface area contributed by atoms with Crippen molar-refractivity contribution >= 4 is 22.8 Å². The molecule has 1 N–H and O–H groups in total. The molecule has 0 radical (unpaired) electrons. The molecule has 0 atom stereocenters. The van der Waals surface area contributed by atoms with Gasteiger partial charge in [0.2, 0.25) is 5.89 Å². The Hall–Kier alpha value is -4.08. The molecule has 0 spiro atoms. The van der Waals surface area contributed by atoms with E-state index in [1.807, 2.05) is 30.5 Å². The quantitative estimate of drug-likeness (QED) is 0.500. The Morgan fingerprint density at radius 1 is 1.20 bits per heavy atom. The highest BCUT2D eigenvalue weighted by atomic mass is 16.5. The van der Waals surface area contributed by atoms with Gasteiger partial charge in [0.1, 0.15) is 5.54 Å². The lowest BCUT2D eigenvalue weighted by molar-refractivity contribution is -0.146. The van der Waals surface area contributed by atoms with Crippen LogP contribution < -0.4 is 5.32 Å². The van der Waals surface area contributed by atoms with Crippen LogP contribution in [0.25, 0.3) is 28.0 Å². The summed E-state index contributed by atoms with van der Waals surface area (Å²) in [5, 5.41) is 15.6. The Morgan fingerprint density at radius 3 is 2.77 bits per heavy atom. The van der Waals surface area contributed by atoms with Gasteiger partial charge in [0.05, 0.1) is 24.5 Å². The Kier molecular flexibility index (Phi) is 4.74. The fraction of sp³-hybridized carbons (Fsp3) is 0.200. The molecule has 3 heterocycles. The number of methoxy groups -OCH3 is 1. The van der Waals surface area contributed by atoms with E-state index in [1.54, 1.807) is 23.1 Å². The van der Waals surface area contributed by atoms with E-state index < -0.39 is 17.4 Å². The number of carbonyl (C=O) groups is 2. The van der Waals surface area contributed by atoms with Crippen LogP contribution in [0.15, 0.2) is 53.3 Å².